The molecule has 1 atom stereocenters. The van der Waals surface area contributed by atoms with Crippen molar-refractivity contribution >= 4 is 5.69 Å². The van der Waals surface area contributed by atoms with E-state index in [1.165, 1.54) is 6.07 Å². The quantitative estimate of drug-likeness (QED) is 0.565. The maximum atomic E-state index is 14.4. The lowest BCUT2D eigenvalue weighted by molar-refractivity contribution is 0.188. The Labute approximate surface area is 193 Å². The van der Waals surface area contributed by atoms with E-state index in [0.29, 0.717) is 31.9 Å². The molecule has 0 spiro atoms. The standard InChI is InChI=1S/C24H31FN6O2/c1-24(2,3)31-23(26-27-28-31)22(18-16-17(32-4)10-11-21(18)33-5)30-14-12-29(13-15-30)20-9-7-6-8-19(20)25/h6-11,16,22H,12-15H2,1-5H3/t22-/m1/s1. The van der Waals surface area contributed by atoms with Gasteiger partial charge < -0.3 is 14.4 Å². The SMILES string of the molecule is COc1ccc(OC)c([C@H](c2nnnn2C(C)(C)C)N2CCN(c3ccccc3F)CC2)c1. The lowest BCUT2D eigenvalue weighted by atomic mass is 10.00. The van der Waals surface area contributed by atoms with E-state index in [4.69, 9.17) is 9.47 Å². The maximum absolute atomic E-state index is 14.4. The Kier molecular flexibility index (Phi) is 6.51. The van der Waals surface area contributed by atoms with Gasteiger partial charge >= 0.3 is 0 Å². The number of hydrogen-bond donors (Lipinski definition) is 0. The first-order chi connectivity index (χ1) is 15.8. The Morgan fingerprint density at radius 3 is 2.33 bits per heavy atom. The van der Waals surface area contributed by atoms with E-state index in [2.05, 4.69) is 46.1 Å². The lowest BCUT2D eigenvalue weighted by Gasteiger charge is -2.40. The monoisotopic (exact) mass is 454 g/mol. The van der Waals surface area contributed by atoms with E-state index < -0.39 is 0 Å². The smallest absolute Gasteiger partial charge is 0.173 e. The number of para-hydroxylation sites is 1. The molecule has 1 aliphatic rings. The van der Waals surface area contributed by atoms with E-state index >= 15 is 0 Å². The molecule has 0 bridgehead atoms. The van der Waals surface area contributed by atoms with Crippen molar-refractivity contribution in [2.75, 3.05) is 45.3 Å². The summed E-state index contributed by atoms with van der Waals surface area (Å²) in [6.07, 6.45) is 0. The van der Waals surface area contributed by atoms with Gasteiger partial charge in [-0.15, -0.1) is 5.10 Å². The molecule has 0 saturated carbocycles. The molecule has 2 aromatic carbocycles. The predicted molar refractivity (Wildman–Crippen MR) is 124 cm³/mol. The van der Waals surface area contributed by atoms with Crippen LogP contribution in [0.5, 0.6) is 11.5 Å². The van der Waals surface area contributed by atoms with Gasteiger partial charge in [-0.3, -0.25) is 4.90 Å². The summed E-state index contributed by atoms with van der Waals surface area (Å²) >= 11 is 0. The number of nitrogens with zero attached hydrogens (tertiary/aromatic N) is 6. The highest BCUT2D eigenvalue weighted by molar-refractivity contribution is 5.48. The van der Waals surface area contributed by atoms with Gasteiger partial charge in [0.1, 0.15) is 23.4 Å². The highest BCUT2D eigenvalue weighted by Gasteiger charge is 2.35. The Morgan fingerprint density at radius 2 is 1.70 bits per heavy atom. The summed E-state index contributed by atoms with van der Waals surface area (Å²) in [6.45, 7) is 8.99. The molecule has 0 radical (unpaired) electrons. The Balaban J connectivity index is 1.73. The van der Waals surface area contributed by atoms with Crippen molar-refractivity contribution in [1.29, 1.82) is 0 Å². The average Bonchev–Trinajstić information content (AvgIpc) is 3.30. The molecule has 2 heterocycles. The highest BCUT2D eigenvalue weighted by Crippen LogP contribution is 2.38. The third-order valence-electron chi connectivity index (χ3n) is 5.98. The highest BCUT2D eigenvalue weighted by atomic mass is 19.1. The second-order valence-electron chi connectivity index (χ2n) is 9.10. The van der Waals surface area contributed by atoms with Crippen molar-refractivity contribution in [3.63, 3.8) is 0 Å². The van der Waals surface area contributed by atoms with Crippen LogP contribution in [-0.4, -0.2) is 65.5 Å². The second-order valence-corrected chi connectivity index (χ2v) is 9.10. The van der Waals surface area contributed by atoms with E-state index in [1.807, 2.05) is 35.0 Å². The minimum absolute atomic E-state index is 0.200. The van der Waals surface area contributed by atoms with Crippen molar-refractivity contribution in [2.24, 2.45) is 0 Å². The topological polar surface area (TPSA) is 68.5 Å². The number of piperazine rings is 1. The third-order valence-corrected chi connectivity index (χ3v) is 5.98. The summed E-state index contributed by atoms with van der Waals surface area (Å²) in [5.74, 6) is 2.00. The van der Waals surface area contributed by atoms with E-state index in [-0.39, 0.29) is 17.4 Å². The van der Waals surface area contributed by atoms with E-state index in [1.54, 1.807) is 20.3 Å². The summed E-state index contributed by atoms with van der Waals surface area (Å²) in [6, 6.07) is 12.4. The molecule has 9 heteroatoms. The maximum Gasteiger partial charge on any atom is 0.173 e. The Bertz CT molecular complexity index is 1090. The number of tetrazole rings is 1. The summed E-state index contributed by atoms with van der Waals surface area (Å²) in [4.78, 5) is 4.40. The van der Waals surface area contributed by atoms with Crippen LogP contribution in [0.25, 0.3) is 0 Å². The molecule has 0 amide bonds. The van der Waals surface area contributed by atoms with Crippen LogP contribution in [0.4, 0.5) is 10.1 Å². The molecule has 1 saturated heterocycles. The number of ether oxygens (including phenoxy) is 2. The number of halogens is 1. The van der Waals surface area contributed by atoms with E-state index in [0.717, 1.165) is 22.9 Å². The fraction of sp³-hybridized carbons (Fsp3) is 0.458. The van der Waals surface area contributed by atoms with Crippen molar-refractivity contribution in [1.82, 2.24) is 25.1 Å². The molecular formula is C24H31FN6O2. The van der Waals surface area contributed by atoms with Crippen LogP contribution in [0.2, 0.25) is 0 Å². The fourth-order valence-electron chi connectivity index (χ4n) is 4.32. The number of aromatic nitrogens is 4. The van der Waals surface area contributed by atoms with Gasteiger partial charge in [0.05, 0.1) is 25.4 Å². The first kappa shape index (κ1) is 23.0. The molecule has 3 aromatic rings. The summed E-state index contributed by atoms with van der Waals surface area (Å²) in [5, 5.41) is 12.8. The van der Waals surface area contributed by atoms with Gasteiger partial charge in [-0.2, -0.15) is 0 Å². The largest absolute Gasteiger partial charge is 0.497 e. The zero-order valence-electron chi connectivity index (χ0n) is 19.8. The molecule has 8 nitrogen and oxygen atoms in total. The number of benzene rings is 2. The van der Waals surface area contributed by atoms with Gasteiger partial charge in [0.25, 0.3) is 0 Å². The van der Waals surface area contributed by atoms with Crippen LogP contribution in [-0.2, 0) is 5.54 Å². The van der Waals surface area contributed by atoms with Crippen LogP contribution in [0.15, 0.2) is 42.5 Å². The van der Waals surface area contributed by atoms with Gasteiger partial charge in [0.15, 0.2) is 5.82 Å². The average molecular weight is 455 g/mol. The Hall–Kier alpha value is -3.20. The normalized spacial score (nSPS) is 16.0. The molecule has 0 aliphatic carbocycles. The van der Waals surface area contributed by atoms with Crippen molar-refractivity contribution in [3.8, 4) is 11.5 Å². The van der Waals surface area contributed by atoms with Gasteiger partial charge in [-0.25, -0.2) is 9.07 Å². The summed E-state index contributed by atoms with van der Waals surface area (Å²) < 4.78 is 27.5. The van der Waals surface area contributed by atoms with Gasteiger partial charge in [-0.1, -0.05) is 12.1 Å². The van der Waals surface area contributed by atoms with Crippen LogP contribution in [0.1, 0.15) is 38.2 Å². The molecule has 0 N–H and O–H groups in total. The number of methoxy groups -OCH3 is 2. The number of hydrogen-bond acceptors (Lipinski definition) is 7. The van der Waals surface area contributed by atoms with Crippen LogP contribution < -0.4 is 14.4 Å². The lowest BCUT2D eigenvalue weighted by Crippen LogP contribution is -2.49. The van der Waals surface area contributed by atoms with Crippen LogP contribution in [0, 0.1) is 5.82 Å². The zero-order valence-corrected chi connectivity index (χ0v) is 19.8. The summed E-state index contributed by atoms with van der Waals surface area (Å²) in [7, 11) is 3.30. The molecule has 0 unspecified atom stereocenters. The molecule has 4 rings (SSSR count). The second kappa shape index (κ2) is 9.35. The number of anilines is 1. The molecule has 176 valence electrons. The zero-order chi connectivity index (χ0) is 23.6. The van der Waals surface area contributed by atoms with Crippen molar-refractivity contribution < 1.29 is 13.9 Å². The molecule has 33 heavy (non-hydrogen) atoms. The van der Waals surface area contributed by atoms with Crippen LogP contribution in [0.3, 0.4) is 0 Å². The van der Waals surface area contributed by atoms with Gasteiger partial charge in [0.2, 0.25) is 0 Å². The van der Waals surface area contributed by atoms with Gasteiger partial charge in [-0.05, 0) is 61.5 Å². The predicted octanol–water partition coefficient (Wildman–Crippen LogP) is 3.50. The van der Waals surface area contributed by atoms with Crippen molar-refractivity contribution in [3.05, 3.63) is 59.7 Å². The Morgan fingerprint density at radius 1 is 0.970 bits per heavy atom. The fourth-order valence-corrected chi connectivity index (χ4v) is 4.32. The van der Waals surface area contributed by atoms with Gasteiger partial charge in [0, 0.05) is 31.7 Å². The molecule has 1 aromatic heterocycles. The third kappa shape index (κ3) is 4.64. The molecule has 1 aliphatic heterocycles. The van der Waals surface area contributed by atoms with Crippen molar-refractivity contribution in [2.45, 2.75) is 32.4 Å². The van der Waals surface area contributed by atoms with Crippen LogP contribution >= 0.6 is 0 Å². The number of rotatable bonds is 6. The molecular weight excluding hydrogens is 423 g/mol. The first-order valence-electron chi connectivity index (χ1n) is 11.1. The summed E-state index contributed by atoms with van der Waals surface area (Å²) in [5.41, 5.74) is 1.25. The minimum atomic E-state index is -0.307. The minimum Gasteiger partial charge on any atom is -0.497 e. The first-order valence-corrected chi connectivity index (χ1v) is 11.1. The van der Waals surface area contributed by atoms with E-state index in [9.17, 15) is 4.39 Å². The molecule has 1 fully saturated rings.